The first-order valence-electron chi connectivity index (χ1n) is 6.34. The topological polar surface area (TPSA) is 35.2 Å². The standard InChI is InChI=1S/C15H21NO/c1-11(2)12-5-7-13(8-6-12)15(16)14-4-3-9-17-10-14/h5-8,10-11,15H,3-4,9,16H2,1-2H3. The Hall–Kier alpha value is -1.28. The van der Waals surface area contributed by atoms with Gasteiger partial charge in [-0.15, -0.1) is 0 Å². The van der Waals surface area contributed by atoms with Crippen LogP contribution in [0, 0.1) is 0 Å². The summed E-state index contributed by atoms with van der Waals surface area (Å²) in [6.07, 6.45) is 3.96. The van der Waals surface area contributed by atoms with Gasteiger partial charge in [0.05, 0.1) is 18.9 Å². The first kappa shape index (κ1) is 12.2. The Morgan fingerprint density at radius 1 is 1.12 bits per heavy atom. The molecule has 0 spiro atoms. The maximum atomic E-state index is 6.25. The van der Waals surface area contributed by atoms with Gasteiger partial charge in [-0.05, 0) is 35.5 Å². The van der Waals surface area contributed by atoms with Crippen molar-refractivity contribution in [3.8, 4) is 0 Å². The zero-order valence-electron chi connectivity index (χ0n) is 10.6. The number of hydrogen-bond donors (Lipinski definition) is 1. The van der Waals surface area contributed by atoms with Gasteiger partial charge in [-0.1, -0.05) is 38.1 Å². The fourth-order valence-electron chi connectivity index (χ4n) is 2.12. The molecule has 0 aliphatic carbocycles. The van der Waals surface area contributed by atoms with Gasteiger partial charge in [0.15, 0.2) is 0 Å². The van der Waals surface area contributed by atoms with Gasteiger partial charge in [-0.25, -0.2) is 0 Å². The van der Waals surface area contributed by atoms with Crippen LogP contribution in [0.4, 0.5) is 0 Å². The molecule has 0 fully saturated rings. The Balaban J connectivity index is 2.13. The molecule has 1 aromatic carbocycles. The molecule has 1 aromatic rings. The minimum atomic E-state index is -0.0171. The van der Waals surface area contributed by atoms with Crippen LogP contribution in [-0.4, -0.2) is 6.61 Å². The van der Waals surface area contributed by atoms with E-state index in [4.69, 9.17) is 10.5 Å². The summed E-state index contributed by atoms with van der Waals surface area (Å²) >= 11 is 0. The summed E-state index contributed by atoms with van der Waals surface area (Å²) in [5, 5.41) is 0. The third-order valence-electron chi connectivity index (χ3n) is 3.32. The van der Waals surface area contributed by atoms with Gasteiger partial charge in [0.2, 0.25) is 0 Å². The van der Waals surface area contributed by atoms with Gasteiger partial charge >= 0.3 is 0 Å². The molecular weight excluding hydrogens is 210 g/mol. The molecule has 92 valence electrons. The molecule has 1 atom stereocenters. The molecule has 2 heteroatoms. The van der Waals surface area contributed by atoms with Crippen molar-refractivity contribution in [1.82, 2.24) is 0 Å². The molecule has 17 heavy (non-hydrogen) atoms. The van der Waals surface area contributed by atoms with Crippen molar-refractivity contribution in [2.24, 2.45) is 5.73 Å². The van der Waals surface area contributed by atoms with E-state index in [1.165, 1.54) is 16.7 Å². The van der Waals surface area contributed by atoms with Crippen LogP contribution in [0.25, 0.3) is 0 Å². The smallest absolute Gasteiger partial charge is 0.0876 e. The van der Waals surface area contributed by atoms with Crippen LogP contribution in [0.3, 0.4) is 0 Å². The van der Waals surface area contributed by atoms with Gasteiger partial charge in [-0.2, -0.15) is 0 Å². The number of hydrogen-bond acceptors (Lipinski definition) is 2. The second-order valence-corrected chi connectivity index (χ2v) is 4.97. The molecule has 0 aromatic heterocycles. The maximum absolute atomic E-state index is 6.25. The summed E-state index contributed by atoms with van der Waals surface area (Å²) in [6, 6.07) is 8.59. The van der Waals surface area contributed by atoms with E-state index in [2.05, 4.69) is 38.1 Å². The first-order valence-corrected chi connectivity index (χ1v) is 6.34. The van der Waals surface area contributed by atoms with Gasteiger partial charge in [0.1, 0.15) is 0 Å². The predicted octanol–water partition coefficient (Wildman–Crippen LogP) is 3.50. The summed E-state index contributed by atoms with van der Waals surface area (Å²) in [5.41, 5.74) is 9.98. The average Bonchev–Trinajstić information content (AvgIpc) is 2.39. The molecule has 0 radical (unpaired) electrons. The molecule has 2 rings (SSSR count). The Labute approximate surface area is 103 Å². The highest BCUT2D eigenvalue weighted by atomic mass is 16.5. The fourth-order valence-corrected chi connectivity index (χ4v) is 2.12. The Bertz CT molecular complexity index is 392. The van der Waals surface area contributed by atoms with Crippen molar-refractivity contribution >= 4 is 0 Å². The van der Waals surface area contributed by atoms with E-state index in [9.17, 15) is 0 Å². The third-order valence-corrected chi connectivity index (χ3v) is 3.32. The molecule has 2 N–H and O–H groups in total. The minimum absolute atomic E-state index is 0.0171. The van der Waals surface area contributed by atoms with E-state index in [0.29, 0.717) is 5.92 Å². The second kappa shape index (κ2) is 5.37. The molecule has 0 saturated heterocycles. The second-order valence-electron chi connectivity index (χ2n) is 4.97. The normalized spacial score (nSPS) is 17.5. The van der Waals surface area contributed by atoms with Crippen molar-refractivity contribution in [2.45, 2.75) is 38.6 Å². The summed E-state index contributed by atoms with van der Waals surface area (Å²) in [6.45, 7) is 5.22. The van der Waals surface area contributed by atoms with Gasteiger partial charge in [-0.3, -0.25) is 0 Å². The number of rotatable bonds is 3. The van der Waals surface area contributed by atoms with Crippen molar-refractivity contribution in [3.63, 3.8) is 0 Å². The van der Waals surface area contributed by atoms with Crippen molar-refractivity contribution in [3.05, 3.63) is 47.2 Å². The van der Waals surface area contributed by atoms with Crippen LogP contribution in [0.5, 0.6) is 0 Å². The summed E-state index contributed by atoms with van der Waals surface area (Å²) < 4.78 is 5.34. The molecular formula is C15H21NO. The summed E-state index contributed by atoms with van der Waals surface area (Å²) in [5.74, 6) is 0.567. The molecule has 0 bridgehead atoms. The van der Waals surface area contributed by atoms with E-state index in [-0.39, 0.29) is 6.04 Å². The van der Waals surface area contributed by atoms with E-state index < -0.39 is 0 Å². The predicted molar refractivity (Wildman–Crippen MR) is 70.7 cm³/mol. The largest absolute Gasteiger partial charge is 0.501 e. The molecule has 1 aliphatic heterocycles. The lowest BCUT2D eigenvalue weighted by molar-refractivity contribution is 0.221. The summed E-state index contributed by atoms with van der Waals surface area (Å²) in [7, 11) is 0. The molecule has 2 nitrogen and oxygen atoms in total. The van der Waals surface area contributed by atoms with E-state index in [1.54, 1.807) is 0 Å². The summed E-state index contributed by atoms with van der Waals surface area (Å²) in [4.78, 5) is 0. The average molecular weight is 231 g/mol. The van der Waals surface area contributed by atoms with Crippen molar-refractivity contribution < 1.29 is 4.74 Å². The lowest BCUT2D eigenvalue weighted by atomic mass is 9.94. The number of benzene rings is 1. The quantitative estimate of drug-likeness (QED) is 0.864. The van der Waals surface area contributed by atoms with Crippen LogP contribution < -0.4 is 5.73 Å². The van der Waals surface area contributed by atoms with E-state index in [0.717, 1.165) is 19.4 Å². The molecule has 1 heterocycles. The van der Waals surface area contributed by atoms with Crippen LogP contribution in [0.15, 0.2) is 36.1 Å². The zero-order valence-corrected chi connectivity index (χ0v) is 10.6. The highest BCUT2D eigenvalue weighted by molar-refractivity contribution is 5.31. The first-order chi connectivity index (χ1) is 8.18. The lowest BCUT2D eigenvalue weighted by Crippen LogP contribution is -2.16. The molecule has 1 aliphatic rings. The highest BCUT2D eigenvalue weighted by Crippen LogP contribution is 2.26. The monoisotopic (exact) mass is 231 g/mol. The van der Waals surface area contributed by atoms with Crippen molar-refractivity contribution in [1.29, 1.82) is 0 Å². The third kappa shape index (κ3) is 2.89. The number of nitrogens with two attached hydrogens (primary N) is 1. The van der Waals surface area contributed by atoms with Crippen LogP contribution in [0.1, 0.15) is 49.8 Å². The van der Waals surface area contributed by atoms with Crippen LogP contribution >= 0.6 is 0 Å². The van der Waals surface area contributed by atoms with E-state index in [1.807, 2.05) is 6.26 Å². The Morgan fingerprint density at radius 3 is 2.29 bits per heavy atom. The molecule has 1 unspecified atom stereocenters. The molecule has 0 saturated carbocycles. The maximum Gasteiger partial charge on any atom is 0.0876 e. The Morgan fingerprint density at radius 2 is 1.76 bits per heavy atom. The highest BCUT2D eigenvalue weighted by Gasteiger charge is 2.14. The SMILES string of the molecule is CC(C)c1ccc(C(N)C2=COCCC2)cc1. The number of ether oxygens (including phenoxy) is 1. The van der Waals surface area contributed by atoms with Crippen LogP contribution in [0.2, 0.25) is 0 Å². The van der Waals surface area contributed by atoms with E-state index >= 15 is 0 Å². The minimum Gasteiger partial charge on any atom is -0.501 e. The zero-order chi connectivity index (χ0) is 12.3. The lowest BCUT2D eigenvalue weighted by Gasteiger charge is -2.20. The van der Waals surface area contributed by atoms with Gasteiger partial charge in [0, 0.05) is 0 Å². The van der Waals surface area contributed by atoms with Gasteiger partial charge < -0.3 is 10.5 Å². The van der Waals surface area contributed by atoms with Gasteiger partial charge in [0.25, 0.3) is 0 Å². The van der Waals surface area contributed by atoms with Crippen molar-refractivity contribution in [2.75, 3.05) is 6.61 Å². The van der Waals surface area contributed by atoms with Crippen LogP contribution in [-0.2, 0) is 4.74 Å². The Kier molecular flexibility index (Phi) is 3.85. The fraction of sp³-hybridized carbons (Fsp3) is 0.467. The molecule has 0 amide bonds.